The third-order valence-electron chi connectivity index (χ3n) is 9.22. The topological polar surface area (TPSA) is 215 Å². The number of aldehydes is 2. The highest BCUT2D eigenvalue weighted by Crippen LogP contribution is 2.29. The zero-order chi connectivity index (χ0) is 40.7. The maximum Gasteiger partial charge on any atom is 0.237 e. The van der Waals surface area contributed by atoms with Gasteiger partial charge in [-0.25, -0.2) is 0 Å². The van der Waals surface area contributed by atoms with Gasteiger partial charge in [0.05, 0.1) is 31.2 Å². The number of hydrogen-bond acceptors (Lipinski definition) is 10. The molecule has 2 aromatic carbocycles. The van der Waals surface area contributed by atoms with E-state index in [9.17, 15) is 24.0 Å². The summed E-state index contributed by atoms with van der Waals surface area (Å²) < 4.78 is 0. The van der Waals surface area contributed by atoms with E-state index >= 15 is 0 Å². The van der Waals surface area contributed by atoms with E-state index in [1.54, 1.807) is 14.1 Å². The van der Waals surface area contributed by atoms with Crippen LogP contribution >= 0.6 is 0 Å². The van der Waals surface area contributed by atoms with Crippen LogP contribution in [0.4, 0.5) is 5.69 Å². The van der Waals surface area contributed by atoms with Gasteiger partial charge in [0.1, 0.15) is 12.6 Å². The van der Waals surface area contributed by atoms with Crippen molar-refractivity contribution in [2.75, 3.05) is 45.2 Å². The molecule has 3 amide bonds. The number of nitrogens with two attached hydrogens (primary N) is 3. The third kappa shape index (κ3) is 19.6. The van der Waals surface area contributed by atoms with Crippen molar-refractivity contribution < 1.29 is 24.0 Å². The Hall–Kier alpha value is -4.45. The first kappa shape index (κ1) is 48.6. The number of aryl methyl sites for hydroxylation is 2. The van der Waals surface area contributed by atoms with E-state index < -0.39 is 6.04 Å². The van der Waals surface area contributed by atoms with Crippen LogP contribution in [-0.2, 0) is 43.4 Å². The summed E-state index contributed by atoms with van der Waals surface area (Å²) in [5, 5.41) is 11.3. The van der Waals surface area contributed by atoms with Gasteiger partial charge in [-0.1, -0.05) is 61.2 Å². The van der Waals surface area contributed by atoms with E-state index in [0.29, 0.717) is 32.6 Å². The first-order valence-corrected chi connectivity index (χ1v) is 19.5. The summed E-state index contributed by atoms with van der Waals surface area (Å²) in [6, 6.07) is 15.5. The zero-order valence-electron chi connectivity index (χ0n) is 33.0. The number of para-hydroxylation sites is 1. The van der Waals surface area contributed by atoms with Crippen LogP contribution in [0.1, 0.15) is 87.3 Å². The molecule has 0 saturated carbocycles. The first-order chi connectivity index (χ1) is 26.7. The molecule has 3 atom stereocenters. The number of rotatable bonds is 22. The molecule has 0 fully saturated rings. The Balaban J connectivity index is 0.000000425. The van der Waals surface area contributed by atoms with E-state index in [4.69, 9.17) is 23.6 Å². The van der Waals surface area contributed by atoms with Crippen LogP contribution in [0.25, 0.3) is 0 Å². The van der Waals surface area contributed by atoms with Gasteiger partial charge in [-0.3, -0.25) is 14.4 Å². The van der Waals surface area contributed by atoms with Gasteiger partial charge in [0.2, 0.25) is 17.7 Å². The number of likely N-dealkylation sites (N-methyl/N-ethyl adjacent to an activating group) is 2. The highest BCUT2D eigenvalue weighted by atomic mass is 16.2. The lowest BCUT2D eigenvalue weighted by atomic mass is 9.95. The van der Waals surface area contributed by atoms with Crippen LogP contribution in [0.5, 0.6) is 0 Å². The van der Waals surface area contributed by atoms with Crippen molar-refractivity contribution in [1.29, 1.82) is 0 Å². The molecule has 3 unspecified atom stereocenters. The second-order valence-corrected chi connectivity index (χ2v) is 13.3. The van der Waals surface area contributed by atoms with Crippen LogP contribution in [0.15, 0.2) is 48.5 Å². The summed E-state index contributed by atoms with van der Waals surface area (Å²) in [5.41, 5.74) is 20.8. The average molecular weight is 763 g/mol. The largest absolute Gasteiger partial charge is 0.345 e. The Morgan fingerprint density at radius 1 is 0.764 bits per heavy atom. The standard InChI is InChI=1S/C19H19NO2.C13H28N4O2.C10H19N3O/c21-13-5-10-19(22)20-14-17-8-2-1-6-15(17)11-12-16-7-3-4-9-18(16)20;1-16-12(7-3-5-9-15)13(19)17-11(10-18)6-2-4-8-14;1-3-8-13-10(14)9(12-2)6-4-5-7-11/h1-4,6-9,13H,5,10-12,14H2;10-12,16H,2-9,14-15H2,1H3,(H,17,19);1,9,12H,4-8,11H2,2H3,(H,13,14). The Kier molecular flexibility index (Phi) is 27.2. The van der Waals surface area contributed by atoms with Crippen molar-refractivity contribution in [1.82, 2.24) is 21.3 Å². The second kappa shape index (κ2) is 30.8. The molecule has 2 aromatic rings. The van der Waals surface area contributed by atoms with E-state index in [2.05, 4.69) is 45.4 Å². The molecular weight excluding hydrogens is 697 g/mol. The summed E-state index contributed by atoms with van der Waals surface area (Å²) >= 11 is 0. The number of hydrogen-bond donors (Lipinski definition) is 7. The number of unbranched alkanes of at least 4 members (excludes halogenated alkanes) is 3. The molecule has 1 heterocycles. The molecular formula is C42H66N8O5. The van der Waals surface area contributed by atoms with E-state index in [0.717, 1.165) is 82.5 Å². The SMILES string of the molecule is C#CCNC(=O)C(CCCCN)NC.CNC(CCCCN)C(=O)NC(C=O)CCCCN.O=CCCC(=O)N1Cc2ccccc2CCc2ccccc21. The van der Waals surface area contributed by atoms with Crippen molar-refractivity contribution in [3.8, 4) is 12.3 Å². The van der Waals surface area contributed by atoms with Crippen LogP contribution in [-0.4, -0.2) is 88.7 Å². The number of carbonyl (C=O) groups is 5. The van der Waals surface area contributed by atoms with Crippen molar-refractivity contribution in [3.05, 3.63) is 65.2 Å². The number of carbonyl (C=O) groups excluding carboxylic acids is 5. The maximum atomic E-state index is 12.6. The van der Waals surface area contributed by atoms with E-state index in [-0.39, 0.29) is 49.2 Å². The molecule has 0 saturated heterocycles. The molecule has 10 N–H and O–H groups in total. The average Bonchev–Trinajstić information content (AvgIpc) is 3.20. The molecule has 1 aliphatic rings. The van der Waals surface area contributed by atoms with Gasteiger partial charge < -0.3 is 53.0 Å². The van der Waals surface area contributed by atoms with Crippen LogP contribution < -0.4 is 43.4 Å². The molecule has 13 nitrogen and oxygen atoms in total. The van der Waals surface area contributed by atoms with Crippen LogP contribution in [0, 0.1) is 12.3 Å². The minimum absolute atomic E-state index is 0.0104. The molecule has 1 aliphatic heterocycles. The zero-order valence-corrected chi connectivity index (χ0v) is 33.0. The highest BCUT2D eigenvalue weighted by molar-refractivity contribution is 5.95. The predicted molar refractivity (Wildman–Crippen MR) is 221 cm³/mol. The molecule has 304 valence electrons. The minimum Gasteiger partial charge on any atom is -0.345 e. The number of amides is 3. The molecule has 3 rings (SSSR count). The van der Waals surface area contributed by atoms with Gasteiger partial charge >= 0.3 is 0 Å². The Morgan fingerprint density at radius 2 is 1.29 bits per heavy atom. The quantitative estimate of drug-likeness (QED) is 0.0528. The number of fused-ring (bicyclic) bond motifs is 2. The lowest BCUT2D eigenvalue weighted by Gasteiger charge is -2.28. The van der Waals surface area contributed by atoms with E-state index in [1.165, 1.54) is 16.7 Å². The number of nitrogens with zero attached hydrogens (tertiary/aromatic N) is 1. The lowest BCUT2D eigenvalue weighted by Crippen LogP contribution is -2.47. The summed E-state index contributed by atoms with van der Waals surface area (Å²) in [5.74, 6) is 2.22. The van der Waals surface area contributed by atoms with Gasteiger partial charge in [-0.15, -0.1) is 6.42 Å². The summed E-state index contributed by atoms with van der Waals surface area (Å²) in [4.78, 5) is 59.3. The minimum atomic E-state index is -0.413. The van der Waals surface area contributed by atoms with Gasteiger partial charge in [-0.05, 0) is 114 Å². The van der Waals surface area contributed by atoms with Gasteiger partial charge in [0.15, 0.2) is 0 Å². The Morgan fingerprint density at radius 3 is 1.84 bits per heavy atom. The van der Waals surface area contributed by atoms with Crippen molar-refractivity contribution in [3.63, 3.8) is 0 Å². The molecule has 0 aromatic heterocycles. The molecule has 0 radical (unpaired) electrons. The summed E-state index contributed by atoms with van der Waals surface area (Å²) in [7, 11) is 3.51. The first-order valence-electron chi connectivity index (χ1n) is 19.5. The second-order valence-electron chi connectivity index (χ2n) is 13.3. The fraction of sp³-hybridized carbons (Fsp3) is 0.548. The number of nitrogens with one attached hydrogen (secondary N) is 4. The van der Waals surface area contributed by atoms with E-state index in [1.807, 2.05) is 35.2 Å². The van der Waals surface area contributed by atoms with Gasteiger partial charge in [-0.2, -0.15) is 0 Å². The Bertz CT molecular complexity index is 1450. The van der Waals surface area contributed by atoms with Crippen LogP contribution in [0.3, 0.4) is 0 Å². The van der Waals surface area contributed by atoms with Crippen molar-refractivity contribution in [2.24, 2.45) is 17.2 Å². The van der Waals surface area contributed by atoms with Crippen molar-refractivity contribution >= 4 is 36.0 Å². The number of anilines is 1. The third-order valence-corrected chi connectivity index (χ3v) is 9.22. The monoisotopic (exact) mass is 763 g/mol. The molecule has 0 spiro atoms. The lowest BCUT2D eigenvalue weighted by molar-refractivity contribution is -0.126. The normalized spacial score (nSPS) is 13.2. The summed E-state index contributed by atoms with van der Waals surface area (Å²) in [6.45, 7) is 2.77. The van der Waals surface area contributed by atoms with Crippen LogP contribution in [0.2, 0.25) is 0 Å². The summed E-state index contributed by atoms with van der Waals surface area (Å²) in [6.07, 6.45) is 16.7. The van der Waals surface area contributed by atoms with Crippen molar-refractivity contribution in [2.45, 2.75) is 108 Å². The predicted octanol–water partition coefficient (Wildman–Crippen LogP) is 2.27. The smallest absolute Gasteiger partial charge is 0.237 e. The van der Waals surface area contributed by atoms with Gasteiger partial charge in [0, 0.05) is 18.5 Å². The number of terminal acetylenes is 1. The van der Waals surface area contributed by atoms with Gasteiger partial charge in [0.25, 0.3) is 0 Å². The molecule has 55 heavy (non-hydrogen) atoms. The number of benzene rings is 2. The fourth-order valence-corrected chi connectivity index (χ4v) is 6.03. The highest BCUT2D eigenvalue weighted by Gasteiger charge is 2.22. The maximum absolute atomic E-state index is 12.6. The molecule has 13 heteroatoms. The Labute approximate surface area is 328 Å². The molecule has 0 bridgehead atoms. The molecule has 0 aliphatic carbocycles. The fourth-order valence-electron chi connectivity index (χ4n) is 6.03.